The molecule has 1 aromatic carbocycles. The molecule has 0 radical (unpaired) electrons. The van der Waals surface area contributed by atoms with Gasteiger partial charge in [0, 0.05) is 40.1 Å². The molecular weight excluding hydrogens is 344 g/mol. The van der Waals surface area contributed by atoms with Crippen molar-refractivity contribution in [3.63, 3.8) is 0 Å². The maximum Gasteiger partial charge on any atom is 0.0511 e. The summed E-state index contributed by atoms with van der Waals surface area (Å²) in [6.45, 7) is 14.4. The molecule has 21 heavy (non-hydrogen) atoms. The van der Waals surface area contributed by atoms with Crippen molar-refractivity contribution in [3.05, 3.63) is 28.2 Å². The maximum atomic E-state index is 3.76. The van der Waals surface area contributed by atoms with Crippen molar-refractivity contribution < 1.29 is 0 Å². The van der Waals surface area contributed by atoms with Gasteiger partial charge in [0.15, 0.2) is 0 Å². The summed E-state index contributed by atoms with van der Waals surface area (Å²) in [6.07, 6.45) is 0. The number of thioether (sulfide) groups is 1. The average Bonchev–Trinajstić information content (AvgIpc) is 2.34. The second-order valence-corrected chi connectivity index (χ2v) is 10.1. The van der Waals surface area contributed by atoms with E-state index in [2.05, 4.69) is 90.7 Å². The number of anilines is 1. The molecule has 1 fully saturated rings. The van der Waals surface area contributed by atoms with Crippen molar-refractivity contribution in [2.45, 2.75) is 51.4 Å². The molecule has 0 amide bonds. The monoisotopic (exact) mass is 370 g/mol. The number of hydrogen-bond donors (Lipinski definition) is 1. The molecule has 1 heterocycles. The summed E-state index contributed by atoms with van der Waals surface area (Å²) in [4.78, 5) is 2.50. The van der Waals surface area contributed by atoms with E-state index >= 15 is 0 Å². The van der Waals surface area contributed by atoms with Crippen molar-refractivity contribution in [1.82, 2.24) is 5.32 Å². The summed E-state index contributed by atoms with van der Waals surface area (Å²) in [5.41, 5.74) is 2.80. The molecule has 118 valence electrons. The number of hydrogen-bond acceptors (Lipinski definition) is 3. The zero-order valence-electron chi connectivity index (χ0n) is 13.8. The lowest BCUT2D eigenvalue weighted by Crippen LogP contribution is -2.43. The predicted octanol–water partition coefficient (Wildman–Crippen LogP) is 4.67. The van der Waals surface area contributed by atoms with E-state index in [4.69, 9.17) is 0 Å². The van der Waals surface area contributed by atoms with Gasteiger partial charge in [-0.1, -0.05) is 6.07 Å². The third-order valence-electron chi connectivity index (χ3n) is 3.60. The van der Waals surface area contributed by atoms with Crippen LogP contribution >= 0.6 is 27.7 Å². The number of nitrogens with one attached hydrogen (secondary N) is 1. The fourth-order valence-corrected chi connectivity index (χ4v) is 4.29. The Bertz CT molecular complexity index is 494. The molecule has 2 nitrogen and oxygen atoms in total. The minimum atomic E-state index is 0.152. The van der Waals surface area contributed by atoms with Gasteiger partial charge in [0.2, 0.25) is 0 Å². The first-order chi connectivity index (χ1) is 9.66. The van der Waals surface area contributed by atoms with Crippen LogP contribution in [0.25, 0.3) is 0 Å². The fourth-order valence-electron chi connectivity index (χ4n) is 2.51. The molecular formula is C17H27BrN2S. The molecule has 4 heteroatoms. The van der Waals surface area contributed by atoms with Crippen molar-refractivity contribution in [1.29, 1.82) is 0 Å². The largest absolute Gasteiger partial charge is 0.368 e. The third-order valence-corrected chi connectivity index (χ3v) is 5.53. The molecule has 1 aliphatic heterocycles. The van der Waals surface area contributed by atoms with Crippen LogP contribution in [0.3, 0.4) is 0 Å². The molecule has 0 saturated carbocycles. The van der Waals surface area contributed by atoms with Crippen molar-refractivity contribution >= 4 is 33.4 Å². The lowest BCUT2D eigenvalue weighted by Gasteiger charge is -2.39. The molecule has 0 aliphatic carbocycles. The fraction of sp³-hybridized carbons (Fsp3) is 0.647. The Morgan fingerprint density at radius 3 is 2.62 bits per heavy atom. The number of halogens is 1. The first-order valence-corrected chi connectivity index (χ1v) is 9.37. The van der Waals surface area contributed by atoms with Gasteiger partial charge in [-0.2, -0.15) is 11.8 Å². The lowest BCUT2D eigenvalue weighted by atomic mass is 10.1. The third kappa shape index (κ3) is 5.19. The van der Waals surface area contributed by atoms with E-state index in [1.165, 1.54) is 21.5 Å². The molecule has 1 N–H and O–H groups in total. The van der Waals surface area contributed by atoms with Crippen LogP contribution in [0.1, 0.15) is 40.2 Å². The summed E-state index contributed by atoms with van der Waals surface area (Å²) in [7, 11) is 0. The van der Waals surface area contributed by atoms with Gasteiger partial charge in [-0.05, 0) is 68.2 Å². The normalized spacial score (nSPS) is 18.9. The SMILES string of the molecule is CC(C)(C)NCc1ccc(N2CCSC(C)(C)C2)c(Br)c1. The summed E-state index contributed by atoms with van der Waals surface area (Å²) in [5, 5.41) is 3.54. The van der Waals surface area contributed by atoms with Crippen LogP contribution in [-0.4, -0.2) is 29.1 Å². The molecule has 2 rings (SSSR count). The van der Waals surface area contributed by atoms with E-state index in [0.717, 1.165) is 19.6 Å². The van der Waals surface area contributed by atoms with Gasteiger partial charge in [-0.3, -0.25) is 0 Å². The second-order valence-electron chi connectivity index (χ2n) is 7.42. The van der Waals surface area contributed by atoms with Crippen LogP contribution in [0.2, 0.25) is 0 Å². The van der Waals surface area contributed by atoms with Crippen LogP contribution < -0.4 is 10.2 Å². The highest BCUT2D eigenvalue weighted by molar-refractivity contribution is 9.10. The standard InChI is InChI=1S/C17H27BrN2S/c1-16(2,3)19-11-13-6-7-15(14(18)10-13)20-8-9-21-17(4,5)12-20/h6-7,10,19H,8-9,11-12H2,1-5H3. The van der Waals surface area contributed by atoms with Crippen molar-refractivity contribution in [2.75, 3.05) is 23.7 Å². The van der Waals surface area contributed by atoms with Gasteiger partial charge in [0.05, 0.1) is 5.69 Å². The first-order valence-electron chi connectivity index (χ1n) is 7.59. The summed E-state index contributed by atoms with van der Waals surface area (Å²) in [5.74, 6) is 1.20. The molecule has 0 spiro atoms. The maximum absolute atomic E-state index is 3.76. The van der Waals surface area contributed by atoms with Crippen molar-refractivity contribution in [3.8, 4) is 0 Å². The number of nitrogens with zero attached hydrogens (tertiary/aromatic N) is 1. The second kappa shape index (κ2) is 6.51. The minimum Gasteiger partial charge on any atom is -0.368 e. The topological polar surface area (TPSA) is 15.3 Å². The Kier molecular flexibility index (Phi) is 5.32. The zero-order chi connectivity index (χ0) is 15.7. The molecule has 0 aromatic heterocycles. The van der Waals surface area contributed by atoms with E-state index in [-0.39, 0.29) is 5.54 Å². The molecule has 0 bridgehead atoms. The molecule has 0 unspecified atom stereocenters. The lowest BCUT2D eigenvalue weighted by molar-refractivity contribution is 0.424. The molecule has 0 atom stereocenters. The van der Waals surface area contributed by atoms with Gasteiger partial charge in [0.1, 0.15) is 0 Å². The Hall–Kier alpha value is -0.190. The van der Waals surface area contributed by atoms with Gasteiger partial charge in [-0.25, -0.2) is 0 Å². The highest BCUT2D eigenvalue weighted by atomic mass is 79.9. The van der Waals surface area contributed by atoms with Gasteiger partial charge >= 0.3 is 0 Å². The summed E-state index contributed by atoms with van der Waals surface area (Å²) >= 11 is 5.84. The van der Waals surface area contributed by atoms with E-state index in [1.807, 2.05) is 0 Å². The Balaban J connectivity index is 2.09. The summed E-state index contributed by atoms with van der Waals surface area (Å²) in [6, 6.07) is 6.76. The van der Waals surface area contributed by atoms with Crippen LogP contribution in [0.5, 0.6) is 0 Å². The van der Waals surface area contributed by atoms with Crippen LogP contribution in [-0.2, 0) is 6.54 Å². The molecule has 1 saturated heterocycles. The summed E-state index contributed by atoms with van der Waals surface area (Å²) < 4.78 is 1.54. The van der Waals surface area contributed by atoms with Gasteiger partial charge in [-0.15, -0.1) is 0 Å². The van der Waals surface area contributed by atoms with Gasteiger partial charge < -0.3 is 10.2 Å². The van der Waals surface area contributed by atoms with E-state index in [0.29, 0.717) is 4.75 Å². The quantitative estimate of drug-likeness (QED) is 0.831. The predicted molar refractivity (Wildman–Crippen MR) is 99.5 cm³/mol. The van der Waals surface area contributed by atoms with E-state index in [9.17, 15) is 0 Å². The Labute approximate surface area is 142 Å². The molecule has 1 aromatic rings. The Morgan fingerprint density at radius 1 is 1.33 bits per heavy atom. The minimum absolute atomic E-state index is 0.152. The Morgan fingerprint density at radius 2 is 2.05 bits per heavy atom. The highest BCUT2D eigenvalue weighted by Gasteiger charge is 2.27. The molecule has 1 aliphatic rings. The zero-order valence-corrected chi connectivity index (χ0v) is 16.2. The van der Waals surface area contributed by atoms with E-state index < -0.39 is 0 Å². The number of rotatable bonds is 3. The average molecular weight is 371 g/mol. The number of benzene rings is 1. The smallest absolute Gasteiger partial charge is 0.0511 e. The highest BCUT2D eigenvalue weighted by Crippen LogP contribution is 2.35. The van der Waals surface area contributed by atoms with Crippen molar-refractivity contribution in [2.24, 2.45) is 0 Å². The van der Waals surface area contributed by atoms with E-state index in [1.54, 1.807) is 0 Å². The van der Waals surface area contributed by atoms with Crippen LogP contribution in [0, 0.1) is 0 Å². The first kappa shape index (κ1) is 17.2. The van der Waals surface area contributed by atoms with Crippen LogP contribution in [0.15, 0.2) is 22.7 Å². The van der Waals surface area contributed by atoms with Crippen LogP contribution in [0.4, 0.5) is 5.69 Å². The van der Waals surface area contributed by atoms with Gasteiger partial charge in [0.25, 0.3) is 0 Å².